The summed E-state index contributed by atoms with van der Waals surface area (Å²) in [5.41, 5.74) is 1.29. The number of benzene rings is 1. The summed E-state index contributed by atoms with van der Waals surface area (Å²) in [6.07, 6.45) is 2.08. The molecule has 1 unspecified atom stereocenters. The molecule has 1 N–H and O–H groups in total. The smallest absolute Gasteiger partial charge is 0.119 e. The fourth-order valence-corrected chi connectivity index (χ4v) is 1.82. The number of unbranched alkanes of at least 4 members (excludes halogenated alkanes) is 1. The highest BCUT2D eigenvalue weighted by Gasteiger charge is 2.03. The summed E-state index contributed by atoms with van der Waals surface area (Å²) in [5.74, 6) is 0.944. The lowest BCUT2D eigenvalue weighted by atomic mass is 10.1. The second-order valence-corrected chi connectivity index (χ2v) is 4.40. The van der Waals surface area contributed by atoms with Crippen LogP contribution >= 0.6 is 0 Å². The molecule has 102 valence electrons. The van der Waals surface area contributed by atoms with Crippen LogP contribution in [0.25, 0.3) is 0 Å². The minimum Gasteiger partial charge on any atom is -0.494 e. The van der Waals surface area contributed by atoms with Gasteiger partial charge in [-0.05, 0) is 44.0 Å². The Balaban J connectivity index is 2.31. The standard InChI is InChI=1S/C15H25NO2/c1-4-16-13(2)14-7-9-15(10-8-14)18-12-6-5-11-17-3/h7-10,13,16H,4-6,11-12H2,1-3H3. The molecule has 0 aliphatic carbocycles. The van der Waals surface area contributed by atoms with Crippen LogP contribution in [0.15, 0.2) is 24.3 Å². The molecule has 0 radical (unpaired) electrons. The quantitative estimate of drug-likeness (QED) is 0.684. The predicted octanol–water partition coefficient (Wildman–Crippen LogP) is 3.16. The van der Waals surface area contributed by atoms with Crippen molar-refractivity contribution in [3.8, 4) is 5.75 Å². The van der Waals surface area contributed by atoms with Crippen LogP contribution in [0.2, 0.25) is 0 Å². The molecular weight excluding hydrogens is 226 g/mol. The van der Waals surface area contributed by atoms with Crippen LogP contribution in [0, 0.1) is 0 Å². The second-order valence-electron chi connectivity index (χ2n) is 4.40. The van der Waals surface area contributed by atoms with Crippen LogP contribution in [-0.4, -0.2) is 26.9 Å². The van der Waals surface area contributed by atoms with Gasteiger partial charge in [-0.15, -0.1) is 0 Å². The fourth-order valence-electron chi connectivity index (χ4n) is 1.82. The summed E-state index contributed by atoms with van der Waals surface area (Å²) in [5, 5.41) is 3.39. The van der Waals surface area contributed by atoms with Crippen LogP contribution < -0.4 is 10.1 Å². The van der Waals surface area contributed by atoms with Crippen molar-refractivity contribution in [1.82, 2.24) is 5.32 Å². The molecule has 0 fully saturated rings. The van der Waals surface area contributed by atoms with E-state index in [9.17, 15) is 0 Å². The molecule has 1 atom stereocenters. The molecular formula is C15H25NO2. The maximum atomic E-state index is 5.67. The molecule has 0 saturated heterocycles. The number of hydrogen-bond acceptors (Lipinski definition) is 3. The van der Waals surface area contributed by atoms with Crippen LogP contribution in [0.5, 0.6) is 5.75 Å². The van der Waals surface area contributed by atoms with E-state index in [-0.39, 0.29) is 0 Å². The summed E-state index contributed by atoms with van der Waals surface area (Å²) in [4.78, 5) is 0. The van der Waals surface area contributed by atoms with Gasteiger partial charge in [-0.25, -0.2) is 0 Å². The van der Waals surface area contributed by atoms with Gasteiger partial charge in [0.15, 0.2) is 0 Å². The highest BCUT2D eigenvalue weighted by molar-refractivity contribution is 5.28. The lowest BCUT2D eigenvalue weighted by Gasteiger charge is -2.13. The SMILES string of the molecule is CCNC(C)c1ccc(OCCCCOC)cc1. The molecule has 3 heteroatoms. The molecule has 0 spiro atoms. The van der Waals surface area contributed by atoms with Crippen LogP contribution in [0.1, 0.15) is 38.3 Å². The van der Waals surface area contributed by atoms with Crippen LogP contribution in [0.4, 0.5) is 0 Å². The number of methoxy groups -OCH3 is 1. The van der Waals surface area contributed by atoms with E-state index >= 15 is 0 Å². The maximum Gasteiger partial charge on any atom is 0.119 e. The molecule has 18 heavy (non-hydrogen) atoms. The average molecular weight is 251 g/mol. The van der Waals surface area contributed by atoms with Crippen molar-refractivity contribution in [3.63, 3.8) is 0 Å². The highest BCUT2D eigenvalue weighted by Crippen LogP contribution is 2.17. The third-order valence-corrected chi connectivity index (χ3v) is 2.90. The Morgan fingerprint density at radius 1 is 1.11 bits per heavy atom. The van der Waals surface area contributed by atoms with E-state index in [0.29, 0.717) is 6.04 Å². The molecule has 0 heterocycles. The first-order valence-electron chi connectivity index (χ1n) is 6.73. The summed E-state index contributed by atoms with van der Waals surface area (Å²) in [7, 11) is 1.73. The lowest BCUT2D eigenvalue weighted by Crippen LogP contribution is -2.17. The minimum absolute atomic E-state index is 0.394. The van der Waals surface area contributed by atoms with Crippen LogP contribution in [0.3, 0.4) is 0 Å². The number of nitrogens with one attached hydrogen (secondary N) is 1. The zero-order valence-corrected chi connectivity index (χ0v) is 11.7. The molecule has 0 aromatic heterocycles. The minimum atomic E-state index is 0.394. The molecule has 0 bridgehead atoms. The summed E-state index contributed by atoms with van der Waals surface area (Å²) in [6, 6.07) is 8.72. The van der Waals surface area contributed by atoms with Crippen molar-refractivity contribution < 1.29 is 9.47 Å². The first-order chi connectivity index (χ1) is 8.77. The van der Waals surface area contributed by atoms with E-state index in [4.69, 9.17) is 9.47 Å². The summed E-state index contributed by atoms with van der Waals surface area (Å²) >= 11 is 0. The number of hydrogen-bond donors (Lipinski definition) is 1. The maximum absolute atomic E-state index is 5.67. The zero-order valence-electron chi connectivity index (χ0n) is 11.7. The first-order valence-corrected chi connectivity index (χ1v) is 6.73. The summed E-state index contributed by atoms with van der Waals surface area (Å²) in [6.45, 7) is 6.84. The van der Waals surface area contributed by atoms with E-state index in [2.05, 4.69) is 31.3 Å². The van der Waals surface area contributed by atoms with Gasteiger partial charge in [0, 0.05) is 19.8 Å². The topological polar surface area (TPSA) is 30.5 Å². The molecule has 1 aromatic rings. The second kappa shape index (κ2) is 8.95. The van der Waals surface area contributed by atoms with E-state index in [1.807, 2.05) is 12.1 Å². The Kier molecular flexibility index (Phi) is 7.46. The van der Waals surface area contributed by atoms with Gasteiger partial charge in [0.25, 0.3) is 0 Å². The van der Waals surface area contributed by atoms with Gasteiger partial charge in [0.2, 0.25) is 0 Å². The zero-order chi connectivity index (χ0) is 13.2. The average Bonchev–Trinajstić information content (AvgIpc) is 2.39. The molecule has 1 aromatic carbocycles. The predicted molar refractivity (Wildman–Crippen MR) is 75.1 cm³/mol. The molecule has 3 nitrogen and oxygen atoms in total. The van der Waals surface area contributed by atoms with Gasteiger partial charge in [0.1, 0.15) is 5.75 Å². The normalized spacial score (nSPS) is 12.4. The molecule has 0 amide bonds. The Bertz CT molecular complexity index is 311. The Labute approximate surface area is 110 Å². The van der Waals surface area contributed by atoms with E-state index in [1.54, 1.807) is 7.11 Å². The van der Waals surface area contributed by atoms with Gasteiger partial charge in [0.05, 0.1) is 6.61 Å². The van der Waals surface area contributed by atoms with Gasteiger partial charge in [-0.3, -0.25) is 0 Å². The number of ether oxygens (including phenoxy) is 2. The number of rotatable bonds is 9. The van der Waals surface area contributed by atoms with Gasteiger partial charge in [-0.2, -0.15) is 0 Å². The van der Waals surface area contributed by atoms with Crippen LogP contribution in [-0.2, 0) is 4.74 Å². The first kappa shape index (κ1) is 15.0. The Morgan fingerprint density at radius 3 is 2.39 bits per heavy atom. The summed E-state index contributed by atoms with van der Waals surface area (Å²) < 4.78 is 10.7. The van der Waals surface area contributed by atoms with Crippen molar-refractivity contribution in [2.45, 2.75) is 32.7 Å². The third-order valence-electron chi connectivity index (χ3n) is 2.90. The Hall–Kier alpha value is -1.06. The molecule has 0 aliphatic rings. The fraction of sp³-hybridized carbons (Fsp3) is 0.600. The van der Waals surface area contributed by atoms with E-state index in [1.165, 1.54) is 5.56 Å². The van der Waals surface area contributed by atoms with E-state index < -0.39 is 0 Å². The van der Waals surface area contributed by atoms with Crippen molar-refractivity contribution in [3.05, 3.63) is 29.8 Å². The van der Waals surface area contributed by atoms with Crippen molar-refractivity contribution in [1.29, 1.82) is 0 Å². The van der Waals surface area contributed by atoms with Gasteiger partial charge < -0.3 is 14.8 Å². The van der Waals surface area contributed by atoms with E-state index in [0.717, 1.165) is 38.3 Å². The van der Waals surface area contributed by atoms with Crippen molar-refractivity contribution in [2.24, 2.45) is 0 Å². The van der Waals surface area contributed by atoms with Crippen molar-refractivity contribution in [2.75, 3.05) is 26.9 Å². The van der Waals surface area contributed by atoms with Crippen molar-refractivity contribution >= 4 is 0 Å². The third kappa shape index (κ3) is 5.52. The molecule has 0 aliphatic heterocycles. The molecule has 1 rings (SSSR count). The van der Waals surface area contributed by atoms with Gasteiger partial charge in [-0.1, -0.05) is 19.1 Å². The lowest BCUT2D eigenvalue weighted by molar-refractivity contribution is 0.184. The highest BCUT2D eigenvalue weighted by atomic mass is 16.5. The molecule has 0 saturated carbocycles. The largest absolute Gasteiger partial charge is 0.494 e. The van der Waals surface area contributed by atoms with Gasteiger partial charge >= 0.3 is 0 Å². The monoisotopic (exact) mass is 251 g/mol. The Morgan fingerprint density at radius 2 is 1.78 bits per heavy atom.